The zero-order valence-corrected chi connectivity index (χ0v) is 11.2. The third kappa shape index (κ3) is 3.34. The second-order valence-electron chi connectivity index (χ2n) is 4.66. The van der Waals surface area contributed by atoms with E-state index in [1.807, 2.05) is 0 Å². The van der Waals surface area contributed by atoms with Crippen molar-refractivity contribution in [3.8, 4) is 0 Å². The molecule has 21 heavy (non-hydrogen) atoms. The average Bonchev–Trinajstić information content (AvgIpc) is 2.91. The van der Waals surface area contributed by atoms with Crippen LogP contribution in [0.3, 0.4) is 0 Å². The molecule has 1 saturated heterocycles. The van der Waals surface area contributed by atoms with Crippen molar-refractivity contribution >= 4 is 17.6 Å². The molecule has 3 N–H and O–H groups in total. The maximum Gasteiger partial charge on any atom is 0.337 e. The molecule has 2 atom stereocenters. The number of carbonyl (C=O) groups excluding carboxylic acids is 1. The van der Waals surface area contributed by atoms with Gasteiger partial charge in [-0.05, 0) is 12.5 Å². The van der Waals surface area contributed by atoms with Crippen LogP contribution in [0, 0.1) is 11.6 Å². The first kappa shape index (κ1) is 15.3. The normalized spacial score (nSPS) is 21.3. The first-order chi connectivity index (χ1) is 9.92. The van der Waals surface area contributed by atoms with Gasteiger partial charge in [0, 0.05) is 19.7 Å². The number of methoxy groups -OCH3 is 1. The molecule has 8 heteroatoms. The van der Waals surface area contributed by atoms with Crippen molar-refractivity contribution in [2.75, 3.05) is 19.0 Å². The minimum Gasteiger partial charge on any atom is -0.478 e. The zero-order chi connectivity index (χ0) is 15.6. The number of ether oxygens (including phenoxy) is 1. The Labute approximate surface area is 119 Å². The summed E-state index contributed by atoms with van der Waals surface area (Å²) in [5.41, 5.74) is -0.794. The molecular formula is C13H14F2N2O4. The maximum atomic E-state index is 13.2. The molecule has 1 aromatic rings. The highest BCUT2D eigenvalue weighted by atomic mass is 19.2. The highest BCUT2D eigenvalue weighted by Gasteiger charge is 2.30. The molecule has 0 aliphatic carbocycles. The predicted octanol–water partition coefficient (Wildman–Crippen LogP) is 0.978. The van der Waals surface area contributed by atoms with E-state index in [1.165, 1.54) is 7.11 Å². The number of carbonyl (C=O) groups is 2. The number of amides is 1. The van der Waals surface area contributed by atoms with Gasteiger partial charge in [0.15, 0.2) is 11.6 Å². The predicted molar refractivity (Wildman–Crippen MR) is 69.2 cm³/mol. The lowest BCUT2D eigenvalue weighted by atomic mass is 10.1. The lowest BCUT2D eigenvalue weighted by Crippen LogP contribution is -2.35. The molecule has 2 rings (SSSR count). The number of hydrogen-bond acceptors (Lipinski definition) is 4. The Hall–Kier alpha value is -2.06. The summed E-state index contributed by atoms with van der Waals surface area (Å²) < 4.78 is 31.4. The van der Waals surface area contributed by atoms with Crippen LogP contribution < -0.4 is 10.6 Å². The van der Waals surface area contributed by atoms with Crippen molar-refractivity contribution < 1.29 is 28.2 Å². The fraction of sp³-hybridized carbons (Fsp3) is 0.385. The number of benzene rings is 1. The quantitative estimate of drug-likeness (QED) is 0.771. The van der Waals surface area contributed by atoms with E-state index < -0.39 is 35.1 Å². The number of nitrogens with one attached hydrogen (secondary N) is 2. The van der Waals surface area contributed by atoms with Crippen LogP contribution in [0.25, 0.3) is 0 Å². The van der Waals surface area contributed by atoms with Gasteiger partial charge >= 0.3 is 5.97 Å². The van der Waals surface area contributed by atoms with Gasteiger partial charge in [-0.15, -0.1) is 0 Å². The third-order valence-corrected chi connectivity index (χ3v) is 3.29. The highest BCUT2D eigenvalue weighted by molar-refractivity contribution is 6.02. The van der Waals surface area contributed by atoms with E-state index in [-0.39, 0.29) is 11.8 Å². The van der Waals surface area contributed by atoms with Crippen LogP contribution in [-0.2, 0) is 9.53 Å². The van der Waals surface area contributed by atoms with Gasteiger partial charge in [-0.1, -0.05) is 0 Å². The van der Waals surface area contributed by atoms with Crippen LogP contribution in [0.4, 0.5) is 14.5 Å². The smallest absolute Gasteiger partial charge is 0.337 e. The van der Waals surface area contributed by atoms with Crippen LogP contribution in [0.1, 0.15) is 16.8 Å². The Kier molecular flexibility index (Phi) is 4.49. The van der Waals surface area contributed by atoms with Gasteiger partial charge in [0.1, 0.15) is 0 Å². The van der Waals surface area contributed by atoms with Gasteiger partial charge in [-0.2, -0.15) is 0 Å². The Morgan fingerprint density at radius 2 is 2.05 bits per heavy atom. The molecule has 1 aliphatic heterocycles. The van der Waals surface area contributed by atoms with Gasteiger partial charge in [-0.3, -0.25) is 4.79 Å². The number of halogens is 2. The molecule has 1 aliphatic rings. The third-order valence-electron chi connectivity index (χ3n) is 3.29. The van der Waals surface area contributed by atoms with Gasteiger partial charge in [0.25, 0.3) is 0 Å². The van der Waals surface area contributed by atoms with Gasteiger partial charge in [0.05, 0.1) is 23.4 Å². The van der Waals surface area contributed by atoms with Crippen molar-refractivity contribution in [1.29, 1.82) is 0 Å². The Bertz CT molecular complexity index is 580. The summed E-state index contributed by atoms with van der Waals surface area (Å²) in [6.45, 7) is 0.484. The van der Waals surface area contributed by atoms with Gasteiger partial charge in [-0.25, -0.2) is 13.6 Å². The van der Waals surface area contributed by atoms with Crippen molar-refractivity contribution in [3.63, 3.8) is 0 Å². The summed E-state index contributed by atoms with van der Waals surface area (Å²) in [6.07, 6.45) is 0.290. The lowest BCUT2D eigenvalue weighted by molar-refractivity contribution is -0.118. The van der Waals surface area contributed by atoms with Crippen molar-refractivity contribution in [2.45, 2.75) is 18.6 Å². The van der Waals surface area contributed by atoms with E-state index in [0.717, 1.165) is 0 Å². The zero-order valence-electron chi connectivity index (χ0n) is 11.2. The Morgan fingerprint density at radius 1 is 1.38 bits per heavy atom. The molecule has 0 bridgehead atoms. The second-order valence-corrected chi connectivity index (χ2v) is 4.66. The van der Waals surface area contributed by atoms with Crippen LogP contribution in [-0.4, -0.2) is 42.8 Å². The van der Waals surface area contributed by atoms with Crippen LogP contribution in [0.15, 0.2) is 12.1 Å². The molecule has 1 aromatic carbocycles. The molecule has 114 valence electrons. The number of hydrogen-bond donors (Lipinski definition) is 3. The van der Waals surface area contributed by atoms with Crippen molar-refractivity contribution in [3.05, 3.63) is 29.3 Å². The number of rotatable bonds is 4. The first-order valence-electron chi connectivity index (χ1n) is 6.21. The second kappa shape index (κ2) is 6.15. The minimum atomic E-state index is -1.46. The molecule has 0 spiro atoms. The average molecular weight is 300 g/mol. The summed E-state index contributed by atoms with van der Waals surface area (Å²) in [7, 11) is 1.52. The minimum absolute atomic E-state index is 0.121. The van der Waals surface area contributed by atoms with Gasteiger partial charge in [0.2, 0.25) is 5.91 Å². The molecule has 1 fully saturated rings. The van der Waals surface area contributed by atoms with Crippen molar-refractivity contribution in [2.24, 2.45) is 0 Å². The molecule has 1 amide bonds. The lowest BCUT2D eigenvalue weighted by Gasteiger charge is -2.13. The molecule has 0 radical (unpaired) electrons. The summed E-state index contributed by atoms with van der Waals surface area (Å²) in [5.74, 6) is -4.50. The number of carboxylic acid groups (broad SMARTS) is 1. The summed E-state index contributed by atoms with van der Waals surface area (Å²) in [6, 6.07) is 0.608. The first-order valence-corrected chi connectivity index (χ1v) is 6.21. The number of aromatic carboxylic acids is 1. The Balaban J connectivity index is 2.17. The maximum absolute atomic E-state index is 13.2. The molecule has 0 saturated carbocycles. The fourth-order valence-corrected chi connectivity index (χ4v) is 2.13. The topological polar surface area (TPSA) is 87.7 Å². The standard InChI is InChI=1S/C13H14F2N2O4/c1-21-6-2-11(16-5-6)12(18)17-10-4-9(15)8(14)3-7(10)13(19)20/h3-4,6,11,16H,2,5H2,1H3,(H,17,18)(H,19,20). The summed E-state index contributed by atoms with van der Waals surface area (Å²) >= 11 is 0. The molecule has 0 aromatic heterocycles. The number of carboxylic acids is 1. The van der Waals surface area contributed by atoms with Gasteiger partial charge < -0.3 is 20.5 Å². The van der Waals surface area contributed by atoms with E-state index in [2.05, 4.69) is 10.6 Å². The SMILES string of the molecule is COC1CNC(C(=O)Nc2cc(F)c(F)cc2C(=O)O)C1. The van der Waals surface area contributed by atoms with Crippen LogP contribution in [0.2, 0.25) is 0 Å². The van der Waals surface area contributed by atoms with Crippen molar-refractivity contribution in [1.82, 2.24) is 5.32 Å². The summed E-state index contributed by atoms with van der Waals surface area (Å²) in [5, 5.41) is 14.2. The van der Waals surface area contributed by atoms with E-state index in [4.69, 9.17) is 9.84 Å². The Morgan fingerprint density at radius 3 is 2.62 bits per heavy atom. The van der Waals surface area contributed by atoms with E-state index in [1.54, 1.807) is 0 Å². The van der Waals surface area contributed by atoms with Crippen LogP contribution in [0.5, 0.6) is 0 Å². The molecule has 6 nitrogen and oxygen atoms in total. The molecular weight excluding hydrogens is 286 g/mol. The fourth-order valence-electron chi connectivity index (χ4n) is 2.13. The number of anilines is 1. The summed E-state index contributed by atoms with van der Waals surface area (Å²) in [4.78, 5) is 23.0. The molecule has 1 heterocycles. The highest BCUT2D eigenvalue weighted by Crippen LogP contribution is 2.21. The van der Waals surface area contributed by atoms with E-state index in [9.17, 15) is 18.4 Å². The largest absolute Gasteiger partial charge is 0.478 e. The van der Waals surface area contributed by atoms with Crippen LogP contribution >= 0.6 is 0 Å². The monoisotopic (exact) mass is 300 g/mol. The van der Waals surface area contributed by atoms with E-state index >= 15 is 0 Å². The van der Waals surface area contributed by atoms with E-state index in [0.29, 0.717) is 25.1 Å². The molecule has 2 unspecified atom stereocenters.